The summed E-state index contributed by atoms with van der Waals surface area (Å²) in [5, 5.41) is 75.3. The highest BCUT2D eigenvalue weighted by atomic mass is 16.6. The van der Waals surface area contributed by atoms with Gasteiger partial charge in [0.25, 0.3) is 0 Å². The van der Waals surface area contributed by atoms with Gasteiger partial charge in [-0.15, -0.1) is 0 Å². The molecule has 0 aliphatic carbocycles. The second-order valence-corrected chi connectivity index (χ2v) is 6.57. The molecule has 0 aliphatic heterocycles. The predicted molar refractivity (Wildman–Crippen MR) is 110 cm³/mol. The first kappa shape index (κ1) is 24.8. The first-order valence-electron chi connectivity index (χ1n) is 9.11. The van der Waals surface area contributed by atoms with Crippen molar-refractivity contribution in [3.8, 4) is 48.6 Å². The Morgan fingerprint density at radius 2 is 0.686 bits per heavy atom. The molecule has 160 valence electrons. The Kier molecular flexibility index (Phi) is 6.90. The summed E-state index contributed by atoms with van der Waals surface area (Å²) in [4.78, 5) is 25.9. The van der Waals surface area contributed by atoms with Crippen molar-refractivity contribution < 1.29 is 14.3 Å². The molecular formula is C24H6N8O3. The molecule has 0 bridgehead atoms. The van der Waals surface area contributed by atoms with E-state index in [1.165, 1.54) is 13.8 Å². The molecule has 0 fully saturated rings. The quantitative estimate of drug-likeness (QED) is 0.471. The van der Waals surface area contributed by atoms with Crippen LogP contribution >= 0.6 is 0 Å². The van der Waals surface area contributed by atoms with E-state index in [1.807, 2.05) is 0 Å². The highest BCUT2D eigenvalue weighted by Gasteiger charge is 2.32. The van der Waals surface area contributed by atoms with Gasteiger partial charge in [0.2, 0.25) is 0 Å². The Hall–Kier alpha value is -6.50. The fraction of sp³-hybridized carbons (Fsp3) is 0.0833. The van der Waals surface area contributed by atoms with Crippen LogP contribution in [-0.4, -0.2) is 11.9 Å². The molecule has 0 saturated heterocycles. The number of carbonyl (C=O) groups excluding carboxylic acids is 2. The number of nitriles is 8. The minimum atomic E-state index is -1.48. The molecule has 0 amide bonds. The third-order valence-electron chi connectivity index (χ3n) is 4.99. The minimum absolute atomic E-state index is 0.204. The van der Waals surface area contributed by atoms with E-state index in [-0.39, 0.29) is 22.3 Å². The fourth-order valence-corrected chi connectivity index (χ4v) is 3.40. The van der Waals surface area contributed by atoms with Crippen molar-refractivity contribution in [2.75, 3.05) is 0 Å². The van der Waals surface area contributed by atoms with E-state index in [2.05, 4.69) is 0 Å². The van der Waals surface area contributed by atoms with Crippen molar-refractivity contribution in [3.63, 3.8) is 0 Å². The van der Waals surface area contributed by atoms with E-state index in [0.717, 1.165) is 0 Å². The zero-order valence-electron chi connectivity index (χ0n) is 17.8. The summed E-state index contributed by atoms with van der Waals surface area (Å²) in [5.74, 6) is -2.96. The van der Waals surface area contributed by atoms with Gasteiger partial charge in [-0.2, -0.15) is 42.1 Å². The predicted octanol–water partition coefficient (Wildman–Crippen LogP) is 2.27. The van der Waals surface area contributed by atoms with Crippen LogP contribution in [0.1, 0.15) is 76.4 Å². The first-order chi connectivity index (χ1) is 16.7. The SMILES string of the molecule is Cc1c(C#N)c(C#N)c(C#N)c(C#N)c1C(=O)OC(=O)c1c(C)c(C#N)c(C#N)c(C#N)c1C#N. The lowest BCUT2D eigenvalue weighted by Crippen LogP contribution is -2.20. The lowest BCUT2D eigenvalue weighted by molar-refractivity contribution is 0.0396. The van der Waals surface area contributed by atoms with Gasteiger partial charge in [0.1, 0.15) is 48.6 Å². The van der Waals surface area contributed by atoms with Gasteiger partial charge in [0, 0.05) is 0 Å². The van der Waals surface area contributed by atoms with Gasteiger partial charge in [-0.25, -0.2) is 9.59 Å². The summed E-state index contributed by atoms with van der Waals surface area (Å²) < 4.78 is 4.83. The molecule has 0 unspecified atom stereocenters. The number of carbonyl (C=O) groups is 2. The van der Waals surface area contributed by atoms with Crippen molar-refractivity contribution in [1.29, 1.82) is 42.1 Å². The van der Waals surface area contributed by atoms with Crippen LogP contribution in [0.4, 0.5) is 0 Å². The van der Waals surface area contributed by atoms with Crippen LogP contribution < -0.4 is 0 Å². The van der Waals surface area contributed by atoms with E-state index in [9.17, 15) is 51.7 Å². The molecule has 2 rings (SSSR count). The van der Waals surface area contributed by atoms with Crippen molar-refractivity contribution in [3.05, 3.63) is 66.8 Å². The van der Waals surface area contributed by atoms with E-state index in [4.69, 9.17) is 4.74 Å². The minimum Gasteiger partial charge on any atom is -0.386 e. The third kappa shape index (κ3) is 3.70. The Morgan fingerprint density at radius 1 is 0.457 bits per heavy atom. The van der Waals surface area contributed by atoms with Gasteiger partial charge in [0.05, 0.1) is 55.6 Å². The van der Waals surface area contributed by atoms with Crippen molar-refractivity contribution in [2.24, 2.45) is 0 Å². The highest BCUT2D eigenvalue weighted by Crippen LogP contribution is 2.30. The highest BCUT2D eigenvalue weighted by molar-refractivity contribution is 6.07. The molecule has 35 heavy (non-hydrogen) atoms. The number of esters is 2. The van der Waals surface area contributed by atoms with Crippen LogP contribution in [0.3, 0.4) is 0 Å². The lowest BCUT2D eigenvalue weighted by Gasteiger charge is -2.14. The zero-order chi connectivity index (χ0) is 26.4. The molecule has 11 heteroatoms. The lowest BCUT2D eigenvalue weighted by atomic mass is 9.88. The third-order valence-corrected chi connectivity index (χ3v) is 4.99. The molecule has 0 heterocycles. The molecule has 0 aromatic heterocycles. The Labute approximate surface area is 197 Å². The van der Waals surface area contributed by atoms with E-state index in [1.54, 1.807) is 48.6 Å². The molecule has 0 spiro atoms. The standard InChI is InChI=1S/C24H6N8O3/c1-11-13(3-25)15(5-27)17(7-29)19(9-31)21(11)23(33)35-24(34)22-12(2)14(4-26)16(6-28)18(8-30)20(22)10-32/h1-2H3. The maximum absolute atomic E-state index is 12.9. The second kappa shape index (κ2) is 9.75. The van der Waals surface area contributed by atoms with Gasteiger partial charge >= 0.3 is 11.9 Å². The maximum atomic E-state index is 12.9. The van der Waals surface area contributed by atoms with Crippen molar-refractivity contribution in [1.82, 2.24) is 0 Å². The molecule has 11 nitrogen and oxygen atoms in total. The summed E-state index contributed by atoms with van der Waals surface area (Å²) in [7, 11) is 0. The van der Waals surface area contributed by atoms with Crippen LogP contribution in [0.2, 0.25) is 0 Å². The summed E-state index contributed by atoms with van der Waals surface area (Å²) in [6, 6.07) is 13.0. The summed E-state index contributed by atoms with van der Waals surface area (Å²) in [6.07, 6.45) is 0. The van der Waals surface area contributed by atoms with E-state index < -0.39 is 56.4 Å². The monoisotopic (exact) mass is 454 g/mol. The molecule has 0 atom stereocenters. The largest absolute Gasteiger partial charge is 0.386 e. The summed E-state index contributed by atoms with van der Waals surface area (Å²) in [5.41, 5.74) is -5.63. The number of benzene rings is 2. The normalized spacial score (nSPS) is 8.86. The maximum Gasteiger partial charge on any atom is 0.347 e. The van der Waals surface area contributed by atoms with Gasteiger partial charge < -0.3 is 4.74 Å². The average Bonchev–Trinajstić information content (AvgIpc) is 2.85. The van der Waals surface area contributed by atoms with E-state index in [0.29, 0.717) is 0 Å². The average molecular weight is 454 g/mol. The first-order valence-corrected chi connectivity index (χ1v) is 9.11. The van der Waals surface area contributed by atoms with Crippen LogP contribution in [0.25, 0.3) is 0 Å². The second-order valence-electron chi connectivity index (χ2n) is 6.57. The number of ether oxygens (including phenoxy) is 1. The van der Waals surface area contributed by atoms with Crippen LogP contribution in [-0.2, 0) is 4.74 Å². The van der Waals surface area contributed by atoms with Gasteiger partial charge in [-0.05, 0) is 25.0 Å². The van der Waals surface area contributed by atoms with Crippen LogP contribution in [0, 0.1) is 104 Å². The Bertz CT molecular complexity index is 1580. The number of hydrogen-bond donors (Lipinski definition) is 0. The number of hydrogen-bond acceptors (Lipinski definition) is 11. The summed E-state index contributed by atoms with van der Waals surface area (Å²) in [6.45, 7) is 2.41. The zero-order valence-corrected chi connectivity index (χ0v) is 17.8. The topological polar surface area (TPSA) is 234 Å². The molecule has 2 aromatic rings. The number of nitrogens with zero attached hydrogens (tertiary/aromatic N) is 8. The molecule has 2 aromatic carbocycles. The van der Waals surface area contributed by atoms with Crippen LogP contribution in [0.5, 0.6) is 0 Å². The molecular weight excluding hydrogens is 448 g/mol. The summed E-state index contributed by atoms with van der Waals surface area (Å²) >= 11 is 0. The van der Waals surface area contributed by atoms with E-state index >= 15 is 0 Å². The van der Waals surface area contributed by atoms with Crippen molar-refractivity contribution >= 4 is 11.9 Å². The smallest absolute Gasteiger partial charge is 0.347 e. The molecule has 0 saturated carbocycles. The Morgan fingerprint density at radius 3 is 0.914 bits per heavy atom. The molecule has 0 N–H and O–H groups in total. The van der Waals surface area contributed by atoms with Gasteiger partial charge in [-0.1, -0.05) is 0 Å². The van der Waals surface area contributed by atoms with Crippen LogP contribution in [0.15, 0.2) is 0 Å². The number of rotatable bonds is 2. The van der Waals surface area contributed by atoms with Gasteiger partial charge in [0.15, 0.2) is 0 Å². The molecule has 0 aliphatic rings. The van der Waals surface area contributed by atoms with Crippen molar-refractivity contribution in [2.45, 2.75) is 13.8 Å². The fourth-order valence-electron chi connectivity index (χ4n) is 3.40. The molecule has 0 radical (unpaired) electrons. The van der Waals surface area contributed by atoms with Gasteiger partial charge in [-0.3, -0.25) is 0 Å². The Balaban J connectivity index is 2.84.